The molecule has 6 rings (SSSR count). The van der Waals surface area contributed by atoms with Gasteiger partial charge in [0, 0.05) is 23.1 Å². The highest BCUT2D eigenvalue weighted by atomic mass is 16.5. The van der Waals surface area contributed by atoms with E-state index in [0.29, 0.717) is 19.8 Å². The van der Waals surface area contributed by atoms with Crippen molar-refractivity contribution in [1.29, 1.82) is 0 Å². The lowest BCUT2D eigenvalue weighted by molar-refractivity contribution is 0.0826. The molecule has 0 bridgehead atoms. The molecule has 0 aliphatic carbocycles. The van der Waals surface area contributed by atoms with Crippen molar-refractivity contribution in [3.05, 3.63) is 119 Å². The molecule has 2 aliphatic heterocycles. The van der Waals surface area contributed by atoms with Crippen molar-refractivity contribution in [3.63, 3.8) is 0 Å². The van der Waals surface area contributed by atoms with Crippen LogP contribution in [0.4, 0.5) is 0 Å². The van der Waals surface area contributed by atoms with E-state index in [1.54, 1.807) is 0 Å². The van der Waals surface area contributed by atoms with Gasteiger partial charge in [0.1, 0.15) is 41.8 Å². The molecule has 0 radical (unpaired) electrons. The summed E-state index contributed by atoms with van der Waals surface area (Å²) in [5.41, 5.74) is 5.74. The number of benzene rings is 4. The second-order valence-corrected chi connectivity index (χ2v) is 10.9. The summed E-state index contributed by atoms with van der Waals surface area (Å²) in [7, 11) is 0. The second-order valence-electron chi connectivity index (χ2n) is 10.9. The molecule has 0 aromatic heterocycles. The first-order chi connectivity index (χ1) is 18.5. The van der Waals surface area contributed by atoms with E-state index >= 15 is 0 Å². The molecule has 0 unspecified atom stereocenters. The maximum atomic E-state index is 6.44. The Kier molecular flexibility index (Phi) is 6.71. The zero-order valence-electron chi connectivity index (χ0n) is 22.1. The molecule has 4 aromatic rings. The van der Waals surface area contributed by atoms with Crippen molar-refractivity contribution in [2.45, 2.75) is 57.8 Å². The van der Waals surface area contributed by atoms with Gasteiger partial charge in [-0.3, -0.25) is 0 Å². The standard InChI is InChI=1S/C34H34O4/c1-34(2)18-17-30-31(38-34)16-13-26-19-27(23-37-33(26)30)29-15-14-28(35-21-24-9-5-3-6-10-24)20-32(29)36-22-25-11-7-4-8-12-25/h3-16,20,27H,17-19,21-23H2,1-2H3/t27-/m0/s1. The number of rotatable bonds is 7. The molecule has 0 N–H and O–H groups in total. The fourth-order valence-corrected chi connectivity index (χ4v) is 5.36. The SMILES string of the molecule is CC1(C)CCc2c(ccc3c2OC[C@@H](c2ccc(OCc4ccccc4)cc2OCc2ccccc2)C3)O1. The van der Waals surface area contributed by atoms with Gasteiger partial charge in [-0.1, -0.05) is 72.8 Å². The third kappa shape index (κ3) is 5.35. The average Bonchev–Trinajstić information content (AvgIpc) is 2.95. The molecule has 1 atom stereocenters. The molecule has 0 amide bonds. The second kappa shape index (κ2) is 10.4. The van der Waals surface area contributed by atoms with Crippen molar-refractivity contribution in [1.82, 2.24) is 0 Å². The van der Waals surface area contributed by atoms with Crippen molar-refractivity contribution in [3.8, 4) is 23.0 Å². The van der Waals surface area contributed by atoms with Crippen LogP contribution in [0.1, 0.15) is 54.0 Å². The summed E-state index contributed by atoms with van der Waals surface area (Å²) in [6.07, 6.45) is 2.87. The van der Waals surface area contributed by atoms with Gasteiger partial charge < -0.3 is 18.9 Å². The Bertz CT molecular complexity index is 1400. The Balaban J connectivity index is 1.25. The van der Waals surface area contributed by atoms with Crippen LogP contribution in [0.25, 0.3) is 0 Å². The lowest BCUT2D eigenvalue weighted by Crippen LogP contribution is -2.33. The van der Waals surface area contributed by atoms with E-state index < -0.39 is 0 Å². The molecule has 4 aromatic carbocycles. The fraction of sp³-hybridized carbons (Fsp3) is 0.294. The van der Waals surface area contributed by atoms with Crippen molar-refractivity contribution < 1.29 is 18.9 Å². The summed E-state index contributed by atoms with van der Waals surface area (Å²) in [5, 5.41) is 0. The topological polar surface area (TPSA) is 36.9 Å². The van der Waals surface area contributed by atoms with E-state index in [0.717, 1.165) is 59.0 Å². The maximum absolute atomic E-state index is 6.44. The first-order valence-corrected chi connectivity index (χ1v) is 13.5. The van der Waals surface area contributed by atoms with Crippen molar-refractivity contribution in [2.24, 2.45) is 0 Å². The van der Waals surface area contributed by atoms with Crippen LogP contribution in [0.3, 0.4) is 0 Å². The van der Waals surface area contributed by atoms with Crippen LogP contribution in [0, 0.1) is 0 Å². The fourth-order valence-electron chi connectivity index (χ4n) is 5.36. The van der Waals surface area contributed by atoms with Crippen LogP contribution in [0.15, 0.2) is 91.0 Å². The summed E-state index contributed by atoms with van der Waals surface area (Å²) < 4.78 is 25.2. The summed E-state index contributed by atoms with van der Waals surface area (Å²) in [4.78, 5) is 0. The Morgan fingerprint density at radius 1 is 0.816 bits per heavy atom. The molecule has 38 heavy (non-hydrogen) atoms. The normalized spacial score (nSPS) is 17.4. The van der Waals surface area contributed by atoms with Gasteiger partial charge in [0.05, 0.1) is 6.61 Å². The summed E-state index contributed by atoms with van der Waals surface area (Å²) >= 11 is 0. The van der Waals surface area contributed by atoms with E-state index in [2.05, 4.69) is 56.3 Å². The van der Waals surface area contributed by atoms with Gasteiger partial charge in [0.25, 0.3) is 0 Å². The van der Waals surface area contributed by atoms with Crippen LogP contribution in [0.5, 0.6) is 23.0 Å². The van der Waals surface area contributed by atoms with Gasteiger partial charge in [-0.25, -0.2) is 0 Å². The molecule has 0 spiro atoms. The molecule has 2 aliphatic rings. The minimum atomic E-state index is -0.131. The quantitative estimate of drug-likeness (QED) is 0.258. The highest BCUT2D eigenvalue weighted by Gasteiger charge is 2.32. The van der Waals surface area contributed by atoms with E-state index in [9.17, 15) is 0 Å². The summed E-state index contributed by atoms with van der Waals surface area (Å²) in [6, 6.07) is 31.0. The molecule has 0 saturated heterocycles. The number of ether oxygens (including phenoxy) is 4. The van der Waals surface area contributed by atoms with Gasteiger partial charge in [-0.2, -0.15) is 0 Å². The molecule has 0 fully saturated rings. The van der Waals surface area contributed by atoms with E-state index in [1.807, 2.05) is 48.5 Å². The molecular formula is C34H34O4. The number of fused-ring (bicyclic) bond motifs is 3. The Morgan fingerprint density at radius 3 is 2.26 bits per heavy atom. The van der Waals surface area contributed by atoms with E-state index in [4.69, 9.17) is 18.9 Å². The third-order valence-corrected chi connectivity index (χ3v) is 7.47. The van der Waals surface area contributed by atoms with Gasteiger partial charge in [-0.15, -0.1) is 0 Å². The number of hydrogen-bond acceptors (Lipinski definition) is 4. The summed E-state index contributed by atoms with van der Waals surface area (Å²) in [5.74, 6) is 3.82. The minimum absolute atomic E-state index is 0.131. The monoisotopic (exact) mass is 506 g/mol. The number of hydrogen-bond donors (Lipinski definition) is 0. The van der Waals surface area contributed by atoms with Crippen molar-refractivity contribution >= 4 is 0 Å². The largest absolute Gasteiger partial charge is 0.492 e. The molecule has 0 saturated carbocycles. The van der Waals surface area contributed by atoms with Gasteiger partial charge in [0.15, 0.2) is 0 Å². The first kappa shape index (κ1) is 24.4. The average molecular weight is 507 g/mol. The molecule has 194 valence electrons. The van der Waals surface area contributed by atoms with Gasteiger partial charge in [0.2, 0.25) is 0 Å². The molecular weight excluding hydrogens is 472 g/mol. The van der Waals surface area contributed by atoms with Crippen LogP contribution < -0.4 is 18.9 Å². The smallest absolute Gasteiger partial charge is 0.129 e. The molecule has 4 nitrogen and oxygen atoms in total. The highest BCUT2D eigenvalue weighted by Crippen LogP contribution is 2.45. The Morgan fingerprint density at radius 2 is 1.53 bits per heavy atom. The summed E-state index contributed by atoms with van der Waals surface area (Å²) in [6.45, 7) is 5.93. The van der Waals surface area contributed by atoms with Crippen LogP contribution in [-0.2, 0) is 26.1 Å². The predicted molar refractivity (Wildman–Crippen MR) is 149 cm³/mol. The zero-order valence-corrected chi connectivity index (χ0v) is 22.1. The lowest BCUT2D eigenvalue weighted by Gasteiger charge is -2.36. The van der Waals surface area contributed by atoms with Gasteiger partial charge in [-0.05, 0) is 61.9 Å². The minimum Gasteiger partial charge on any atom is -0.492 e. The molecule has 4 heteroatoms. The van der Waals surface area contributed by atoms with Crippen LogP contribution >= 0.6 is 0 Å². The zero-order chi connectivity index (χ0) is 26.0. The van der Waals surface area contributed by atoms with Gasteiger partial charge >= 0.3 is 0 Å². The van der Waals surface area contributed by atoms with Crippen LogP contribution in [0.2, 0.25) is 0 Å². The Labute approximate surface area is 225 Å². The predicted octanol–water partition coefficient (Wildman–Crippen LogP) is 7.67. The third-order valence-electron chi connectivity index (χ3n) is 7.47. The maximum Gasteiger partial charge on any atom is 0.129 e. The van der Waals surface area contributed by atoms with Crippen LogP contribution in [-0.4, -0.2) is 12.2 Å². The lowest BCUT2D eigenvalue weighted by atomic mass is 9.86. The molecule has 2 heterocycles. The van der Waals surface area contributed by atoms with Crippen molar-refractivity contribution in [2.75, 3.05) is 6.61 Å². The van der Waals surface area contributed by atoms with E-state index in [-0.39, 0.29) is 11.5 Å². The first-order valence-electron chi connectivity index (χ1n) is 13.5. The van der Waals surface area contributed by atoms with E-state index in [1.165, 1.54) is 11.1 Å². The Hall–Kier alpha value is -3.92. The highest BCUT2D eigenvalue weighted by molar-refractivity contribution is 5.54.